The van der Waals surface area contributed by atoms with Crippen molar-refractivity contribution in [2.45, 2.75) is 6.54 Å². The van der Waals surface area contributed by atoms with Gasteiger partial charge in [0.15, 0.2) is 0 Å². The molecule has 0 spiro atoms. The lowest BCUT2D eigenvalue weighted by molar-refractivity contribution is 0.0954. The topological polar surface area (TPSA) is 51.2 Å². The SMILES string of the molecule is COc1ncccc1CNC(=O)c1ccc(Cl)s1. The van der Waals surface area contributed by atoms with E-state index in [2.05, 4.69) is 10.3 Å². The van der Waals surface area contributed by atoms with Crippen LogP contribution in [0, 0.1) is 0 Å². The van der Waals surface area contributed by atoms with Gasteiger partial charge in [0.2, 0.25) is 5.88 Å². The number of hydrogen-bond donors (Lipinski definition) is 1. The molecule has 2 aromatic heterocycles. The van der Waals surface area contributed by atoms with Crippen LogP contribution in [0.3, 0.4) is 0 Å². The molecule has 4 nitrogen and oxygen atoms in total. The predicted molar refractivity (Wildman–Crippen MR) is 71.3 cm³/mol. The number of thiophene rings is 1. The lowest BCUT2D eigenvalue weighted by atomic mass is 10.2. The summed E-state index contributed by atoms with van der Waals surface area (Å²) < 4.78 is 5.70. The number of nitrogens with zero attached hydrogens (tertiary/aromatic N) is 1. The average Bonchev–Trinajstić information content (AvgIpc) is 2.83. The Morgan fingerprint density at radius 3 is 3.00 bits per heavy atom. The molecule has 0 aliphatic rings. The highest BCUT2D eigenvalue weighted by Crippen LogP contribution is 2.21. The van der Waals surface area contributed by atoms with E-state index in [1.54, 1.807) is 31.5 Å². The summed E-state index contributed by atoms with van der Waals surface area (Å²) in [5.74, 6) is 0.361. The second-order valence-electron chi connectivity index (χ2n) is 3.46. The summed E-state index contributed by atoms with van der Waals surface area (Å²) >= 11 is 7.03. The Morgan fingerprint density at radius 1 is 1.50 bits per heavy atom. The Bertz CT molecular complexity index is 557. The van der Waals surface area contributed by atoms with E-state index >= 15 is 0 Å². The zero-order chi connectivity index (χ0) is 13.0. The van der Waals surface area contributed by atoms with Gasteiger partial charge in [-0.25, -0.2) is 4.98 Å². The molecule has 0 saturated carbocycles. The van der Waals surface area contributed by atoms with Crippen molar-refractivity contribution in [3.63, 3.8) is 0 Å². The summed E-state index contributed by atoms with van der Waals surface area (Å²) in [5.41, 5.74) is 0.830. The second kappa shape index (κ2) is 5.84. The predicted octanol–water partition coefficient (Wildman–Crippen LogP) is 2.74. The number of amides is 1. The summed E-state index contributed by atoms with van der Waals surface area (Å²) in [4.78, 5) is 16.5. The van der Waals surface area contributed by atoms with Crippen LogP contribution < -0.4 is 10.1 Å². The van der Waals surface area contributed by atoms with Gasteiger partial charge in [-0.2, -0.15) is 0 Å². The van der Waals surface area contributed by atoms with Gasteiger partial charge in [0.25, 0.3) is 5.91 Å². The molecule has 6 heteroatoms. The number of pyridine rings is 1. The molecule has 0 unspecified atom stereocenters. The summed E-state index contributed by atoms with van der Waals surface area (Å²) in [7, 11) is 1.55. The van der Waals surface area contributed by atoms with E-state index in [1.807, 2.05) is 6.07 Å². The Labute approximate surface area is 114 Å². The molecular formula is C12H11ClN2O2S. The van der Waals surface area contributed by atoms with Crippen molar-refractivity contribution in [2.24, 2.45) is 0 Å². The maximum atomic E-state index is 11.8. The molecule has 1 amide bonds. The van der Waals surface area contributed by atoms with Crippen LogP contribution in [0.5, 0.6) is 5.88 Å². The molecule has 1 N–H and O–H groups in total. The minimum Gasteiger partial charge on any atom is -0.481 e. The smallest absolute Gasteiger partial charge is 0.261 e. The summed E-state index contributed by atoms with van der Waals surface area (Å²) in [6, 6.07) is 7.05. The van der Waals surface area contributed by atoms with Gasteiger partial charge < -0.3 is 10.1 Å². The fourth-order valence-corrected chi connectivity index (χ4v) is 2.40. The molecular weight excluding hydrogens is 272 g/mol. The minimum atomic E-state index is -0.155. The first-order chi connectivity index (χ1) is 8.70. The summed E-state index contributed by atoms with van der Waals surface area (Å²) in [5, 5.41) is 2.80. The molecule has 0 aliphatic heterocycles. The highest BCUT2D eigenvalue weighted by atomic mass is 35.5. The fourth-order valence-electron chi connectivity index (χ4n) is 1.44. The number of ether oxygens (including phenoxy) is 1. The number of carbonyl (C=O) groups excluding carboxylic acids is 1. The van der Waals surface area contributed by atoms with Crippen molar-refractivity contribution in [3.05, 3.63) is 45.2 Å². The first-order valence-electron chi connectivity index (χ1n) is 5.22. The van der Waals surface area contributed by atoms with E-state index in [1.165, 1.54) is 11.3 Å². The zero-order valence-electron chi connectivity index (χ0n) is 9.64. The molecule has 0 bridgehead atoms. The van der Waals surface area contributed by atoms with Crippen LogP contribution >= 0.6 is 22.9 Å². The molecule has 0 fully saturated rings. The standard InChI is InChI=1S/C12H11ClN2O2S/c1-17-12-8(3-2-6-14-12)7-15-11(16)9-4-5-10(13)18-9/h2-6H,7H2,1H3,(H,15,16). The van der Waals surface area contributed by atoms with Crippen molar-refractivity contribution < 1.29 is 9.53 Å². The van der Waals surface area contributed by atoms with Gasteiger partial charge >= 0.3 is 0 Å². The van der Waals surface area contributed by atoms with Crippen molar-refractivity contribution in [1.82, 2.24) is 10.3 Å². The van der Waals surface area contributed by atoms with Gasteiger partial charge in [-0.15, -0.1) is 11.3 Å². The highest BCUT2D eigenvalue weighted by molar-refractivity contribution is 7.17. The van der Waals surface area contributed by atoms with Gasteiger partial charge in [0.1, 0.15) is 0 Å². The third kappa shape index (κ3) is 3.00. The number of methoxy groups -OCH3 is 1. The van der Waals surface area contributed by atoms with Crippen LogP contribution in [0.4, 0.5) is 0 Å². The monoisotopic (exact) mass is 282 g/mol. The van der Waals surface area contributed by atoms with Crippen LogP contribution in [-0.4, -0.2) is 18.0 Å². The lowest BCUT2D eigenvalue weighted by Crippen LogP contribution is -2.22. The largest absolute Gasteiger partial charge is 0.481 e. The van der Waals surface area contributed by atoms with Crippen LogP contribution in [0.1, 0.15) is 15.2 Å². The number of carbonyl (C=O) groups is 1. The van der Waals surface area contributed by atoms with E-state index in [0.29, 0.717) is 21.6 Å². The highest BCUT2D eigenvalue weighted by Gasteiger charge is 2.10. The maximum absolute atomic E-state index is 11.8. The van der Waals surface area contributed by atoms with Crippen LogP contribution in [0.2, 0.25) is 4.34 Å². The first-order valence-corrected chi connectivity index (χ1v) is 6.41. The van der Waals surface area contributed by atoms with Crippen molar-refractivity contribution in [2.75, 3.05) is 7.11 Å². The van der Waals surface area contributed by atoms with Crippen LogP contribution in [-0.2, 0) is 6.54 Å². The van der Waals surface area contributed by atoms with Crippen molar-refractivity contribution in [3.8, 4) is 5.88 Å². The van der Waals surface area contributed by atoms with Gasteiger partial charge in [-0.1, -0.05) is 17.7 Å². The van der Waals surface area contributed by atoms with Crippen LogP contribution in [0.15, 0.2) is 30.5 Å². The molecule has 18 heavy (non-hydrogen) atoms. The van der Waals surface area contributed by atoms with E-state index in [-0.39, 0.29) is 5.91 Å². The molecule has 0 aromatic carbocycles. The van der Waals surface area contributed by atoms with Gasteiger partial charge in [0.05, 0.1) is 16.3 Å². The van der Waals surface area contributed by atoms with E-state index < -0.39 is 0 Å². The van der Waals surface area contributed by atoms with E-state index in [9.17, 15) is 4.79 Å². The molecule has 0 aliphatic carbocycles. The van der Waals surface area contributed by atoms with Gasteiger partial charge in [-0.05, 0) is 18.2 Å². The average molecular weight is 283 g/mol. The Morgan fingerprint density at radius 2 is 2.33 bits per heavy atom. The molecule has 2 rings (SSSR count). The van der Waals surface area contributed by atoms with Crippen LogP contribution in [0.25, 0.3) is 0 Å². The van der Waals surface area contributed by atoms with Gasteiger partial charge in [0, 0.05) is 18.3 Å². The Kier molecular flexibility index (Phi) is 4.17. The third-order valence-electron chi connectivity index (χ3n) is 2.28. The van der Waals surface area contributed by atoms with Gasteiger partial charge in [-0.3, -0.25) is 4.79 Å². The summed E-state index contributed by atoms with van der Waals surface area (Å²) in [6.07, 6.45) is 1.64. The molecule has 94 valence electrons. The number of rotatable bonds is 4. The molecule has 2 aromatic rings. The minimum absolute atomic E-state index is 0.155. The van der Waals surface area contributed by atoms with E-state index in [0.717, 1.165) is 5.56 Å². The molecule has 0 saturated heterocycles. The lowest BCUT2D eigenvalue weighted by Gasteiger charge is -2.07. The van der Waals surface area contributed by atoms with Crippen molar-refractivity contribution in [1.29, 1.82) is 0 Å². The quantitative estimate of drug-likeness (QED) is 0.938. The summed E-state index contributed by atoms with van der Waals surface area (Å²) in [6.45, 7) is 0.366. The fraction of sp³-hybridized carbons (Fsp3) is 0.167. The maximum Gasteiger partial charge on any atom is 0.261 e. The number of hydrogen-bond acceptors (Lipinski definition) is 4. The molecule has 0 atom stereocenters. The van der Waals surface area contributed by atoms with Crippen molar-refractivity contribution >= 4 is 28.8 Å². The Balaban J connectivity index is 2.01. The third-order valence-corrected chi connectivity index (χ3v) is 3.51. The Hall–Kier alpha value is -1.59. The second-order valence-corrected chi connectivity index (χ2v) is 5.17. The normalized spacial score (nSPS) is 10.1. The number of aromatic nitrogens is 1. The van der Waals surface area contributed by atoms with E-state index in [4.69, 9.17) is 16.3 Å². The number of nitrogens with one attached hydrogen (secondary N) is 1. The zero-order valence-corrected chi connectivity index (χ0v) is 11.2. The number of halogens is 1. The molecule has 0 radical (unpaired) electrons. The molecule has 2 heterocycles. The first kappa shape index (κ1) is 12.9.